The number of carboxylic acid groups (broad SMARTS) is 1. The van der Waals surface area contributed by atoms with Crippen molar-refractivity contribution in [2.75, 3.05) is 57.8 Å². The highest BCUT2D eigenvalue weighted by Crippen LogP contribution is 2.55. The highest BCUT2D eigenvalue weighted by atomic mass is 32.2. The lowest BCUT2D eigenvalue weighted by atomic mass is 9.68. The first-order valence-corrected chi connectivity index (χ1v) is 18.0. The molecule has 0 N–H and O–H groups in total. The molecule has 3 aromatic rings. The van der Waals surface area contributed by atoms with Gasteiger partial charge in [-0.25, -0.2) is 26.5 Å². The zero-order valence-corrected chi connectivity index (χ0v) is 29.5. The fourth-order valence-corrected chi connectivity index (χ4v) is 9.13. The van der Waals surface area contributed by atoms with Gasteiger partial charge >= 0.3 is 6.36 Å². The molecule has 0 spiro atoms. The third-order valence-corrected chi connectivity index (χ3v) is 11.7. The number of aromatic nitrogens is 1. The molecule has 13 nitrogen and oxygen atoms in total. The molecule has 2 saturated heterocycles. The lowest BCUT2D eigenvalue weighted by Gasteiger charge is -2.52. The zero-order chi connectivity index (χ0) is 38.5. The number of hydrogen-bond acceptors (Lipinski definition) is 11. The van der Waals surface area contributed by atoms with Crippen LogP contribution in [0.1, 0.15) is 30.9 Å². The number of piperazine rings is 1. The Morgan fingerprint density at radius 1 is 1.04 bits per heavy atom. The van der Waals surface area contributed by atoms with Gasteiger partial charge in [-0.2, -0.15) is 0 Å². The fourth-order valence-electron chi connectivity index (χ4n) is 7.56. The molecule has 286 valence electrons. The predicted molar refractivity (Wildman–Crippen MR) is 175 cm³/mol. The molecule has 3 aliphatic heterocycles. The largest absolute Gasteiger partial charge is 0.573 e. The van der Waals surface area contributed by atoms with Gasteiger partial charge in [-0.15, -0.1) is 13.2 Å². The molecule has 0 bridgehead atoms. The van der Waals surface area contributed by atoms with Crippen LogP contribution in [0.3, 0.4) is 0 Å². The highest BCUT2D eigenvalue weighted by Gasteiger charge is 2.64. The standard InChI is InChI=1S/C34H36F5N5O8S/c1-4-51-30-22(6-5-11-40-30)33(29-19-42(14-15-43(29)32(46)47)20-9-12-41(2)13-10-20)23-17-24(35)25(36)18-26(23)44(31(33)45)53(48,49)28-8-7-21(50-3)16-27(28)52-34(37,38)39/h5-8,11,16-18,20,29H,4,9-10,12-15,19H2,1-3H3,(H,46,47)/p-1. The minimum absolute atomic E-state index is 0.0402. The number of fused-ring (bicyclic) bond motifs is 1. The van der Waals surface area contributed by atoms with E-state index in [4.69, 9.17) is 9.47 Å². The Balaban J connectivity index is 1.65. The molecule has 2 unspecified atom stereocenters. The quantitative estimate of drug-likeness (QED) is 0.296. The van der Waals surface area contributed by atoms with Gasteiger partial charge in [0.1, 0.15) is 22.2 Å². The van der Waals surface area contributed by atoms with Crippen LogP contribution >= 0.6 is 0 Å². The number of methoxy groups -OCH3 is 1. The number of halogens is 5. The number of carbonyl (C=O) groups is 2. The average molecular weight is 769 g/mol. The smallest absolute Gasteiger partial charge is 0.530 e. The second-order valence-corrected chi connectivity index (χ2v) is 14.6. The maximum atomic E-state index is 15.5. The number of amides is 2. The summed E-state index contributed by atoms with van der Waals surface area (Å²) in [6.45, 7) is 2.72. The minimum atomic E-state index is -5.53. The second kappa shape index (κ2) is 14.2. The first kappa shape index (κ1) is 38.0. The van der Waals surface area contributed by atoms with Crippen LogP contribution in [0.2, 0.25) is 0 Å². The molecule has 0 aliphatic carbocycles. The number of piperidine rings is 1. The predicted octanol–water partition coefficient (Wildman–Crippen LogP) is 3.11. The number of sulfonamides is 1. The van der Waals surface area contributed by atoms with Crippen molar-refractivity contribution in [2.24, 2.45) is 0 Å². The van der Waals surface area contributed by atoms with E-state index in [0.717, 1.165) is 18.1 Å². The summed E-state index contributed by atoms with van der Waals surface area (Å²) in [6, 6.07) is 4.36. The van der Waals surface area contributed by atoms with Gasteiger partial charge < -0.3 is 33.9 Å². The van der Waals surface area contributed by atoms with Crippen molar-refractivity contribution in [3.05, 3.63) is 71.4 Å². The molecule has 0 saturated carbocycles. The number of nitrogens with zero attached hydrogens (tertiary/aromatic N) is 5. The van der Waals surface area contributed by atoms with Crippen molar-refractivity contribution in [3.63, 3.8) is 0 Å². The third kappa shape index (κ3) is 6.69. The first-order chi connectivity index (χ1) is 25.0. The van der Waals surface area contributed by atoms with Crippen molar-refractivity contribution in [2.45, 2.75) is 48.5 Å². The molecule has 4 heterocycles. The van der Waals surface area contributed by atoms with Gasteiger partial charge in [-0.05, 0) is 64.2 Å². The van der Waals surface area contributed by atoms with Crippen molar-refractivity contribution >= 4 is 27.7 Å². The van der Waals surface area contributed by atoms with Gasteiger partial charge in [0.2, 0.25) is 5.88 Å². The van der Waals surface area contributed by atoms with Gasteiger partial charge in [0, 0.05) is 55.1 Å². The Kier molecular flexibility index (Phi) is 10.2. The Morgan fingerprint density at radius 3 is 2.38 bits per heavy atom. The van der Waals surface area contributed by atoms with Crippen LogP contribution in [0.25, 0.3) is 0 Å². The van der Waals surface area contributed by atoms with E-state index in [0.29, 0.717) is 50.2 Å². The number of hydrogen-bond donors (Lipinski definition) is 0. The number of ether oxygens (including phenoxy) is 3. The van der Waals surface area contributed by atoms with Crippen LogP contribution in [0.15, 0.2) is 53.6 Å². The average Bonchev–Trinajstić information content (AvgIpc) is 3.35. The molecule has 2 amide bonds. The SMILES string of the molecule is CCOc1ncccc1C1(C2CN(C3CCN(C)CC3)CCN2C(=O)[O-])C(=O)N(S(=O)(=O)c2ccc(OC)cc2OC(F)(F)F)c2cc(F)c(F)cc21. The van der Waals surface area contributed by atoms with Crippen molar-refractivity contribution in [1.29, 1.82) is 0 Å². The molecule has 1 aromatic heterocycles. The van der Waals surface area contributed by atoms with Crippen LogP contribution in [-0.2, 0) is 20.2 Å². The maximum absolute atomic E-state index is 15.5. The van der Waals surface area contributed by atoms with E-state index < -0.39 is 73.4 Å². The molecule has 53 heavy (non-hydrogen) atoms. The van der Waals surface area contributed by atoms with Gasteiger partial charge in [0.05, 0.1) is 25.4 Å². The molecule has 6 rings (SSSR count). The summed E-state index contributed by atoms with van der Waals surface area (Å²) in [5.74, 6) is -6.35. The Bertz CT molecular complexity index is 2010. The molecule has 2 atom stereocenters. The number of anilines is 1. The second-order valence-electron chi connectivity index (χ2n) is 12.8. The molecule has 0 radical (unpaired) electrons. The molecule has 2 aromatic carbocycles. The van der Waals surface area contributed by atoms with Crippen LogP contribution < -0.4 is 23.6 Å². The Labute approximate surface area is 301 Å². The van der Waals surface area contributed by atoms with E-state index in [-0.39, 0.29) is 53.8 Å². The summed E-state index contributed by atoms with van der Waals surface area (Å²) in [4.78, 5) is 36.4. The van der Waals surface area contributed by atoms with Crippen molar-refractivity contribution in [3.8, 4) is 17.4 Å². The van der Waals surface area contributed by atoms with E-state index >= 15 is 13.6 Å². The van der Waals surface area contributed by atoms with Gasteiger partial charge in [0.25, 0.3) is 15.9 Å². The number of benzene rings is 2. The number of likely N-dealkylation sites (tertiary alicyclic amines) is 1. The van der Waals surface area contributed by atoms with Gasteiger partial charge in [0.15, 0.2) is 17.4 Å². The lowest BCUT2D eigenvalue weighted by molar-refractivity contribution is -0.275. The van der Waals surface area contributed by atoms with Crippen LogP contribution in [0, 0.1) is 11.6 Å². The summed E-state index contributed by atoms with van der Waals surface area (Å²) >= 11 is 0. The summed E-state index contributed by atoms with van der Waals surface area (Å²) in [5.41, 5.74) is -4.01. The van der Waals surface area contributed by atoms with Crippen LogP contribution in [0.5, 0.6) is 17.4 Å². The van der Waals surface area contributed by atoms with Crippen LogP contribution in [-0.4, -0.2) is 112 Å². The molecular formula is C34H35F5N5O8S-. The summed E-state index contributed by atoms with van der Waals surface area (Å²) < 4.78 is 116. The Hall–Kier alpha value is -4.75. The highest BCUT2D eigenvalue weighted by molar-refractivity contribution is 7.93. The maximum Gasteiger partial charge on any atom is 0.573 e. The number of pyridine rings is 1. The first-order valence-electron chi connectivity index (χ1n) is 16.6. The fraction of sp³-hybridized carbons (Fsp3) is 0.441. The molecular weight excluding hydrogens is 733 g/mol. The van der Waals surface area contributed by atoms with E-state index in [1.807, 2.05) is 11.9 Å². The topological polar surface area (TPSA) is 145 Å². The summed E-state index contributed by atoms with van der Waals surface area (Å²) in [7, 11) is -2.47. The van der Waals surface area contributed by atoms with Gasteiger partial charge in [-0.1, -0.05) is 6.07 Å². The number of carbonyl (C=O) groups excluding carboxylic acids is 2. The molecule has 3 aliphatic rings. The number of alkyl halides is 3. The van der Waals surface area contributed by atoms with Gasteiger partial charge in [-0.3, -0.25) is 9.69 Å². The normalized spacial score (nSPS) is 21.8. The van der Waals surface area contributed by atoms with E-state index in [1.54, 1.807) is 6.92 Å². The monoisotopic (exact) mass is 768 g/mol. The van der Waals surface area contributed by atoms with E-state index in [9.17, 15) is 31.5 Å². The van der Waals surface area contributed by atoms with Crippen molar-refractivity contribution < 1.29 is 59.3 Å². The zero-order valence-electron chi connectivity index (χ0n) is 28.7. The van der Waals surface area contributed by atoms with E-state index in [2.05, 4.69) is 14.6 Å². The van der Waals surface area contributed by atoms with Crippen molar-refractivity contribution in [1.82, 2.24) is 19.7 Å². The lowest BCUT2D eigenvalue weighted by Crippen LogP contribution is -2.69. The minimum Gasteiger partial charge on any atom is -0.530 e. The molecule has 2 fully saturated rings. The summed E-state index contributed by atoms with van der Waals surface area (Å²) in [5, 5.41) is 12.9. The third-order valence-electron chi connectivity index (χ3n) is 9.93. The Morgan fingerprint density at radius 2 is 1.74 bits per heavy atom. The molecule has 19 heteroatoms. The van der Waals surface area contributed by atoms with E-state index in [1.165, 1.54) is 18.3 Å². The number of rotatable bonds is 9. The van der Waals surface area contributed by atoms with Crippen LogP contribution in [0.4, 0.5) is 32.4 Å². The summed E-state index contributed by atoms with van der Waals surface area (Å²) in [6.07, 6.45) is -4.53.